The van der Waals surface area contributed by atoms with E-state index in [1.165, 1.54) is 19.9 Å². The van der Waals surface area contributed by atoms with E-state index in [0.717, 1.165) is 24.3 Å². The lowest BCUT2D eigenvalue weighted by Gasteiger charge is -2.46. The first-order valence-electron chi connectivity index (χ1n) is 16.4. The Morgan fingerprint density at radius 3 is 1.98 bits per heavy atom. The minimum atomic E-state index is -2.03. The maximum absolute atomic E-state index is 13.7. The Morgan fingerprint density at radius 2 is 1.28 bits per heavy atom. The van der Waals surface area contributed by atoms with E-state index in [4.69, 9.17) is 32.8 Å². The molecule has 0 amide bonds. The molecule has 4 heterocycles. The molecule has 12 N–H and O–H groups in total. The number of rotatable bonds is 8. The highest BCUT2D eigenvalue weighted by atomic mass is 16.7. The Balaban J connectivity index is 1.23. The van der Waals surface area contributed by atoms with Gasteiger partial charge in [0.2, 0.25) is 17.5 Å². The van der Waals surface area contributed by atoms with Crippen molar-refractivity contribution in [3.8, 4) is 40.1 Å². The number of aromatic hydroxyl groups is 4. The first-order valence-corrected chi connectivity index (χ1v) is 16.4. The summed E-state index contributed by atoms with van der Waals surface area (Å²) in [6, 6.07) is 5.15. The second-order valence-corrected chi connectivity index (χ2v) is 13.1. The number of hydrogen-bond donors (Lipinski definition) is 12. The fraction of sp³-hybridized carbons (Fsp3) is 0.545. The molecular weight excluding hydrogens is 716 g/mol. The molecule has 3 aromatic rings. The van der Waals surface area contributed by atoms with Crippen LogP contribution in [0.4, 0.5) is 0 Å². The van der Waals surface area contributed by atoms with E-state index in [1.54, 1.807) is 0 Å². The van der Waals surface area contributed by atoms with Gasteiger partial charge in [-0.05, 0) is 32.0 Å². The number of phenols is 4. The Hall–Kier alpha value is -3.87. The quantitative estimate of drug-likeness (QED) is 0.103. The van der Waals surface area contributed by atoms with Gasteiger partial charge in [0.15, 0.2) is 29.8 Å². The van der Waals surface area contributed by atoms with Gasteiger partial charge in [-0.1, -0.05) is 0 Å². The Labute approximate surface area is 298 Å². The summed E-state index contributed by atoms with van der Waals surface area (Å²) >= 11 is 0. The average molecular weight is 757 g/mol. The summed E-state index contributed by atoms with van der Waals surface area (Å²) in [6.45, 7) is 2.11. The fourth-order valence-electron chi connectivity index (χ4n) is 6.26. The van der Waals surface area contributed by atoms with Gasteiger partial charge >= 0.3 is 0 Å². The van der Waals surface area contributed by atoms with E-state index in [2.05, 4.69) is 0 Å². The Morgan fingerprint density at radius 1 is 0.642 bits per heavy atom. The third-order valence-corrected chi connectivity index (χ3v) is 9.36. The van der Waals surface area contributed by atoms with Crippen molar-refractivity contribution in [2.45, 2.75) is 106 Å². The molecule has 20 heteroatoms. The van der Waals surface area contributed by atoms with Crippen LogP contribution in [0, 0.1) is 0 Å². The van der Waals surface area contributed by atoms with Crippen molar-refractivity contribution >= 4 is 11.0 Å². The second-order valence-electron chi connectivity index (χ2n) is 13.1. The predicted octanol–water partition coefficient (Wildman–Crippen LogP) is -2.84. The maximum Gasteiger partial charge on any atom is 0.239 e. The van der Waals surface area contributed by atoms with E-state index >= 15 is 0 Å². The minimum Gasteiger partial charge on any atom is -0.508 e. The van der Waals surface area contributed by atoms with Gasteiger partial charge < -0.3 is 94.1 Å². The minimum absolute atomic E-state index is 0.0642. The molecule has 6 rings (SSSR count). The molecule has 1 aromatic heterocycles. The van der Waals surface area contributed by atoms with Crippen molar-refractivity contribution in [2.75, 3.05) is 6.61 Å². The van der Waals surface area contributed by atoms with Crippen LogP contribution in [0.2, 0.25) is 0 Å². The van der Waals surface area contributed by atoms with Crippen molar-refractivity contribution in [1.82, 2.24) is 0 Å². The largest absolute Gasteiger partial charge is 0.508 e. The molecule has 0 bridgehead atoms. The van der Waals surface area contributed by atoms with Gasteiger partial charge in [0, 0.05) is 17.7 Å². The lowest BCUT2D eigenvalue weighted by atomic mass is 9.97. The van der Waals surface area contributed by atoms with Gasteiger partial charge in [-0.2, -0.15) is 0 Å². The average Bonchev–Trinajstić information content (AvgIpc) is 3.11. The molecule has 0 saturated carbocycles. The number of aliphatic hydroxyl groups excluding tert-OH is 8. The first kappa shape index (κ1) is 38.8. The normalized spacial score (nSPS) is 37.8. The van der Waals surface area contributed by atoms with Crippen LogP contribution in [0.25, 0.3) is 22.3 Å². The van der Waals surface area contributed by atoms with Crippen LogP contribution in [0.15, 0.2) is 39.5 Å². The third-order valence-electron chi connectivity index (χ3n) is 9.36. The van der Waals surface area contributed by atoms with Crippen LogP contribution < -0.4 is 10.2 Å². The molecule has 0 aliphatic carbocycles. The predicted molar refractivity (Wildman–Crippen MR) is 171 cm³/mol. The summed E-state index contributed by atoms with van der Waals surface area (Å²) in [4.78, 5) is 13.7. The van der Waals surface area contributed by atoms with Crippen molar-refractivity contribution in [3.63, 3.8) is 0 Å². The van der Waals surface area contributed by atoms with Crippen LogP contribution >= 0.6 is 0 Å². The zero-order chi connectivity index (χ0) is 38.6. The van der Waals surface area contributed by atoms with Crippen LogP contribution in [0.3, 0.4) is 0 Å². The highest BCUT2D eigenvalue weighted by molar-refractivity contribution is 5.88. The van der Waals surface area contributed by atoms with Crippen molar-refractivity contribution in [3.05, 3.63) is 40.6 Å². The molecule has 20 nitrogen and oxygen atoms in total. The highest BCUT2D eigenvalue weighted by Crippen LogP contribution is 2.40. The number of benzene rings is 2. The molecule has 53 heavy (non-hydrogen) atoms. The Bertz CT molecular complexity index is 1830. The number of fused-ring (bicyclic) bond motifs is 1. The van der Waals surface area contributed by atoms with E-state index in [9.17, 15) is 66.1 Å². The molecule has 3 aliphatic rings. The zero-order valence-electron chi connectivity index (χ0n) is 27.9. The van der Waals surface area contributed by atoms with Gasteiger partial charge in [-0.3, -0.25) is 4.79 Å². The van der Waals surface area contributed by atoms with Gasteiger partial charge in [-0.25, -0.2) is 0 Å². The van der Waals surface area contributed by atoms with Crippen LogP contribution in [-0.2, 0) is 23.7 Å². The molecule has 15 atom stereocenters. The van der Waals surface area contributed by atoms with Crippen molar-refractivity contribution in [1.29, 1.82) is 0 Å². The molecule has 0 radical (unpaired) electrons. The fourth-order valence-corrected chi connectivity index (χ4v) is 6.26. The first-order chi connectivity index (χ1) is 25.0. The summed E-state index contributed by atoms with van der Waals surface area (Å²) in [5.41, 5.74) is -1.45. The summed E-state index contributed by atoms with van der Waals surface area (Å²) in [5.74, 6) is -3.51. The lowest BCUT2D eigenvalue weighted by molar-refractivity contribution is -0.358. The third kappa shape index (κ3) is 7.34. The van der Waals surface area contributed by atoms with E-state index in [1.807, 2.05) is 0 Å². The van der Waals surface area contributed by atoms with Crippen molar-refractivity contribution in [2.24, 2.45) is 0 Å². The van der Waals surface area contributed by atoms with E-state index < -0.39 is 144 Å². The summed E-state index contributed by atoms with van der Waals surface area (Å²) in [6.07, 6.45) is -24.5. The second kappa shape index (κ2) is 15.1. The number of ether oxygens (including phenoxy) is 6. The van der Waals surface area contributed by atoms with Gasteiger partial charge in [-0.15, -0.1) is 0 Å². The number of phenolic OH excluding ortho intramolecular Hbond substituents is 4. The van der Waals surface area contributed by atoms with Crippen LogP contribution in [0.5, 0.6) is 28.7 Å². The molecule has 0 unspecified atom stereocenters. The molecule has 292 valence electrons. The van der Waals surface area contributed by atoms with Crippen molar-refractivity contribution < 1.29 is 94.1 Å². The molecule has 0 spiro atoms. The molecule has 3 aliphatic heterocycles. The van der Waals surface area contributed by atoms with Gasteiger partial charge in [0.1, 0.15) is 83.5 Å². The summed E-state index contributed by atoms with van der Waals surface area (Å²) in [7, 11) is 0. The summed E-state index contributed by atoms with van der Waals surface area (Å²) in [5, 5.41) is 125. The van der Waals surface area contributed by atoms with E-state index in [-0.39, 0.29) is 11.1 Å². The molecule has 3 fully saturated rings. The summed E-state index contributed by atoms with van der Waals surface area (Å²) < 4.78 is 39.5. The standard InChI is InChI=1S/C33H40O20/c1-9-19(38)23(42)25(44)32(49-9)52-29-20(39)10(2)48-31(27(29)46)47-8-17-21(40)24(43)26(45)33(51-17)53-30-22(41)18-15(37)6-12(34)7-16(18)50-28(30)11-3-4-13(35)14(36)5-11/h3-7,9-10,17,19-21,23-27,29,31-40,42-46H,8H2,1-2H3/t9-,10-,17+,19-,20-,21-,23+,24-,25+,26+,27+,29+,31+,32-,33-/m0/s1. The molecule has 2 aromatic carbocycles. The van der Waals surface area contributed by atoms with Gasteiger partial charge in [0.05, 0.1) is 18.8 Å². The number of aliphatic hydroxyl groups is 8. The highest BCUT2D eigenvalue weighted by Gasteiger charge is 2.51. The smallest absolute Gasteiger partial charge is 0.239 e. The Kier molecular flexibility index (Phi) is 11.1. The topological polar surface area (TPSA) is 328 Å². The lowest BCUT2D eigenvalue weighted by Crippen LogP contribution is -2.64. The number of hydrogen-bond acceptors (Lipinski definition) is 20. The van der Waals surface area contributed by atoms with Gasteiger partial charge in [0.25, 0.3) is 0 Å². The zero-order valence-corrected chi connectivity index (χ0v) is 27.9. The van der Waals surface area contributed by atoms with E-state index in [0.29, 0.717) is 0 Å². The monoisotopic (exact) mass is 756 g/mol. The maximum atomic E-state index is 13.7. The SMILES string of the molecule is C[C@@H]1O[C@@H](O[C@@H]2[C@@H](O)[C@H](C)O[C@@H](OC[C@H]3O[C@@H](Oc4c(-c5ccc(O)c(O)c5)oc5cc(O)cc(O)c5c4=O)[C@H](O)[C@@H](O)[C@H]3O)[C@@H]2O)[C@H](O)[C@H](O)[C@H]1O. The molecular formula is C33H40O20. The van der Waals surface area contributed by atoms with Crippen LogP contribution in [-0.4, -0.2) is 160 Å². The molecule has 3 saturated heterocycles. The van der Waals surface area contributed by atoms with Crippen LogP contribution in [0.1, 0.15) is 13.8 Å².